The maximum atomic E-state index is 13.0. The average Bonchev–Trinajstić information content (AvgIpc) is 2.69. The van der Waals surface area contributed by atoms with Crippen LogP contribution in [-0.4, -0.2) is 20.9 Å². The van der Waals surface area contributed by atoms with Gasteiger partial charge in [0.2, 0.25) is 5.16 Å². The number of fused-ring (bicyclic) bond motifs is 3. The maximum absolute atomic E-state index is 13.0. The molecule has 0 fully saturated rings. The van der Waals surface area contributed by atoms with E-state index >= 15 is 0 Å². The number of halogens is 1. The second kappa shape index (κ2) is 7.97. The summed E-state index contributed by atoms with van der Waals surface area (Å²) in [6.45, 7) is 2.13. The van der Waals surface area contributed by atoms with E-state index in [-0.39, 0.29) is 11.3 Å². The molecule has 8 heteroatoms. The smallest absolute Gasteiger partial charge is 0.325 e. The first-order chi connectivity index (χ1) is 13.6. The number of rotatable bonds is 5. The molecule has 0 unspecified atom stereocenters. The lowest BCUT2D eigenvalue weighted by Gasteiger charge is -2.23. The molecule has 0 bridgehead atoms. The zero-order chi connectivity index (χ0) is 19.7. The molecule has 0 amide bonds. The number of unbranched alkanes of at least 4 members (excludes halogenated alkanes) is 1. The molecule has 144 valence electrons. The summed E-state index contributed by atoms with van der Waals surface area (Å²) in [5, 5.41) is 18.8. The van der Waals surface area contributed by atoms with Crippen LogP contribution in [0.25, 0.3) is 11.3 Å². The van der Waals surface area contributed by atoms with Gasteiger partial charge in [0.05, 0.1) is 16.8 Å². The van der Waals surface area contributed by atoms with Crippen LogP contribution in [-0.2, 0) is 0 Å². The first-order valence-electron chi connectivity index (χ1n) is 9.11. The van der Waals surface area contributed by atoms with Crippen LogP contribution in [0.1, 0.15) is 31.5 Å². The van der Waals surface area contributed by atoms with Gasteiger partial charge < -0.3 is 10.4 Å². The Hall–Kier alpha value is -2.32. The Morgan fingerprint density at radius 2 is 2.11 bits per heavy atom. The molecule has 3 aromatic rings. The Morgan fingerprint density at radius 3 is 2.93 bits per heavy atom. The molecule has 1 aromatic heterocycles. The van der Waals surface area contributed by atoms with Gasteiger partial charge in [-0.05, 0) is 41.4 Å². The Morgan fingerprint density at radius 1 is 1.29 bits per heavy atom. The van der Waals surface area contributed by atoms with Crippen LogP contribution in [0.5, 0.6) is 5.75 Å². The Kier molecular flexibility index (Phi) is 5.41. The normalized spacial score (nSPS) is 14.9. The standard InChI is InChI=1S/C20H19BrN4O2S/c1-2-3-10-28-20-23-19(27)17-13-6-4-5-7-16(13)22-18(25(17)24-20)14-11-12(26)8-9-15(14)21/h4-9,11,18H,2-3,10H2,1H3,(H2,23,24,26,27)/p+1/t18-/m0/s1. The zero-order valence-corrected chi connectivity index (χ0v) is 17.7. The second-order valence-electron chi connectivity index (χ2n) is 6.55. The van der Waals surface area contributed by atoms with Gasteiger partial charge in [0, 0.05) is 15.3 Å². The van der Waals surface area contributed by atoms with Crippen molar-refractivity contribution in [3.8, 4) is 17.0 Å². The largest absolute Gasteiger partial charge is 0.508 e. The van der Waals surface area contributed by atoms with Crippen molar-refractivity contribution in [2.45, 2.75) is 31.1 Å². The lowest BCUT2D eigenvalue weighted by molar-refractivity contribution is -0.759. The maximum Gasteiger partial charge on any atom is 0.325 e. The van der Waals surface area contributed by atoms with Gasteiger partial charge in [-0.3, -0.25) is 9.78 Å². The molecular formula is C20H20BrN4O2S+. The van der Waals surface area contributed by atoms with Crippen LogP contribution in [0.3, 0.4) is 0 Å². The molecule has 1 aliphatic heterocycles. The molecule has 6 nitrogen and oxygen atoms in total. The summed E-state index contributed by atoms with van der Waals surface area (Å²) in [5.41, 5.74) is 2.76. The first kappa shape index (κ1) is 19.0. The SMILES string of the molecule is CCCCSc1n[n+]2c(c(=O)[nH]1)-c1ccccc1N[C@@H]2c1cc(O)ccc1Br. The predicted molar refractivity (Wildman–Crippen MR) is 114 cm³/mol. The quantitative estimate of drug-likeness (QED) is 0.304. The molecule has 28 heavy (non-hydrogen) atoms. The number of benzene rings is 2. The summed E-state index contributed by atoms with van der Waals surface area (Å²) >= 11 is 5.10. The predicted octanol–water partition coefficient (Wildman–Crippen LogP) is 4.06. The third-order valence-corrected chi connectivity index (χ3v) is 6.27. The van der Waals surface area contributed by atoms with Crippen LogP contribution in [0.2, 0.25) is 0 Å². The minimum Gasteiger partial charge on any atom is -0.508 e. The van der Waals surface area contributed by atoms with Gasteiger partial charge in [0.1, 0.15) is 5.75 Å². The molecule has 0 spiro atoms. The fourth-order valence-electron chi connectivity index (χ4n) is 3.22. The third kappa shape index (κ3) is 3.54. The number of anilines is 1. The molecule has 1 atom stereocenters. The number of H-pyrrole nitrogens is 1. The molecule has 2 heterocycles. The van der Waals surface area contributed by atoms with Gasteiger partial charge >= 0.3 is 11.3 Å². The number of phenolic OH excluding ortho intramolecular Hbond substituents is 1. The molecule has 4 rings (SSSR count). The van der Waals surface area contributed by atoms with E-state index in [2.05, 4.69) is 33.2 Å². The van der Waals surface area contributed by atoms with Crippen LogP contribution >= 0.6 is 27.7 Å². The number of hydrogen-bond acceptors (Lipinski definition) is 5. The summed E-state index contributed by atoms with van der Waals surface area (Å²) in [6, 6.07) is 12.8. The van der Waals surface area contributed by atoms with Gasteiger partial charge in [-0.2, -0.15) is 0 Å². The number of phenols is 1. The number of nitrogens with one attached hydrogen (secondary N) is 2. The number of aromatic nitrogens is 3. The fourth-order valence-corrected chi connectivity index (χ4v) is 4.62. The lowest BCUT2D eigenvalue weighted by atomic mass is 10.0. The molecule has 1 aliphatic rings. The van der Waals surface area contributed by atoms with E-state index in [1.165, 1.54) is 0 Å². The van der Waals surface area contributed by atoms with E-state index in [1.54, 1.807) is 34.6 Å². The molecule has 0 radical (unpaired) electrons. The van der Waals surface area contributed by atoms with Crippen molar-refractivity contribution >= 4 is 33.4 Å². The van der Waals surface area contributed by atoms with Gasteiger partial charge in [0.25, 0.3) is 6.17 Å². The minimum atomic E-state index is -0.431. The van der Waals surface area contributed by atoms with Gasteiger partial charge in [-0.1, -0.05) is 53.2 Å². The minimum absolute atomic E-state index is 0.156. The summed E-state index contributed by atoms with van der Waals surface area (Å²) in [4.78, 5) is 15.9. The second-order valence-corrected chi connectivity index (χ2v) is 8.49. The Labute approximate surface area is 175 Å². The van der Waals surface area contributed by atoms with E-state index in [0.717, 1.165) is 39.9 Å². The molecule has 0 saturated heterocycles. The number of aromatic hydroxyl groups is 1. The fraction of sp³-hybridized carbons (Fsp3) is 0.250. The van der Waals surface area contributed by atoms with Gasteiger partial charge in [-0.15, -0.1) is 0 Å². The lowest BCUT2D eigenvalue weighted by Crippen LogP contribution is -2.55. The van der Waals surface area contributed by atoms with E-state index < -0.39 is 6.17 Å². The first-order valence-corrected chi connectivity index (χ1v) is 10.9. The topological polar surface area (TPSA) is 81.9 Å². The highest BCUT2D eigenvalue weighted by atomic mass is 79.9. The highest BCUT2D eigenvalue weighted by Crippen LogP contribution is 2.35. The van der Waals surface area contributed by atoms with Crippen LogP contribution in [0, 0.1) is 0 Å². The molecule has 0 saturated carbocycles. The van der Waals surface area contributed by atoms with Crippen molar-refractivity contribution in [1.29, 1.82) is 0 Å². The third-order valence-electron chi connectivity index (χ3n) is 4.59. The highest BCUT2D eigenvalue weighted by molar-refractivity contribution is 9.10. The van der Waals surface area contributed by atoms with E-state index in [9.17, 15) is 9.90 Å². The average molecular weight is 460 g/mol. The number of aromatic amines is 1. The number of para-hydroxylation sites is 1. The van der Waals surface area contributed by atoms with E-state index in [0.29, 0.717) is 10.9 Å². The number of hydrogen-bond donors (Lipinski definition) is 3. The Bertz CT molecular complexity index is 1090. The van der Waals surface area contributed by atoms with Gasteiger partial charge in [0.15, 0.2) is 0 Å². The van der Waals surface area contributed by atoms with Crippen molar-refractivity contribution in [2.24, 2.45) is 0 Å². The van der Waals surface area contributed by atoms with Crippen molar-refractivity contribution in [1.82, 2.24) is 10.1 Å². The van der Waals surface area contributed by atoms with E-state index in [4.69, 9.17) is 5.10 Å². The van der Waals surface area contributed by atoms with Crippen LogP contribution < -0.4 is 15.6 Å². The van der Waals surface area contributed by atoms with Crippen molar-refractivity contribution < 1.29 is 9.79 Å². The zero-order valence-electron chi connectivity index (χ0n) is 15.3. The Balaban J connectivity index is 1.89. The van der Waals surface area contributed by atoms with E-state index in [1.807, 2.05) is 24.3 Å². The van der Waals surface area contributed by atoms with Crippen molar-refractivity contribution in [3.63, 3.8) is 0 Å². The highest BCUT2D eigenvalue weighted by Gasteiger charge is 2.38. The summed E-state index contributed by atoms with van der Waals surface area (Å²) in [7, 11) is 0. The summed E-state index contributed by atoms with van der Waals surface area (Å²) in [5.74, 6) is 1.05. The monoisotopic (exact) mass is 459 g/mol. The number of thioether (sulfide) groups is 1. The van der Waals surface area contributed by atoms with Crippen LogP contribution in [0.15, 0.2) is 56.9 Å². The molecule has 3 N–H and O–H groups in total. The van der Waals surface area contributed by atoms with Crippen molar-refractivity contribution in [2.75, 3.05) is 11.1 Å². The van der Waals surface area contributed by atoms with Gasteiger partial charge in [-0.25, -0.2) is 0 Å². The molecule has 2 aromatic carbocycles. The summed E-state index contributed by atoms with van der Waals surface area (Å²) in [6.07, 6.45) is 1.71. The van der Waals surface area contributed by atoms with Crippen LogP contribution in [0.4, 0.5) is 5.69 Å². The number of nitrogens with zero attached hydrogens (tertiary/aromatic N) is 2. The molecule has 0 aliphatic carbocycles. The van der Waals surface area contributed by atoms with Crippen molar-refractivity contribution in [3.05, 3.63) is 62.9 Å². The molecular weight excluding hydrogens is 440 g/mol. The summed E-state index contributed by atoms with van der Waals surface area (Å²) < 4.78 is 2.54.